The third kappa shape index (κ3) is 4.48. The number of hydrogen-bond acceptors (Lipinski definition) is 5. The van der Waals surface area contributed by atoms with Crippen molar-refractivity contribution in [3.05, 3.63) is 84.7 Å². The molecule has 0 unspecified atom stereocenters. The zero-order valence-corrected chi connectivity index (χ0v) is 21.9. The van der Waals surface area contributed by atoms with E-state index in [1.165, 1.54) is 17.2 Å². The van der Waals surface area contributed by atoms with Gasteiger partial charge >= 0.3 is 0 Å². The number of amides is 1. The summed E-state index contributed by atoms with van der Waals surface area (Å²) in [6, 6.07) is 12.5. The monoisotopic (exact) mass is 570 g/mol. The van der Waals surface area contributed by atoms with Crippen molar-refractivity contribution in [2.45, 2.75) is 24.8 Å². The second-order valence-electron chi connectivity index (χ2n) is 8.05. The van der Waals surface area contributed by atoms with Crippen molar-refractivity contribution < 1.29 is 17.6 Å². The van der Waals surface area contributed by atoms with E-state index in [9.17, 15) is 13.2 Å². The van der Waals surface area contributed by atoms with Gasteiger partial charge in [-0.1, -0.05) is 42.8 Å². The van der Waals surface area contributed by atoms with Gasteiger partial charge in [0.15, 0.2) is 9.84 Å². The number of aromatic nitrogens is 1. The normalized spacial score (nSPS) is 21.1. The number of carbonyl (C=O) groups excluding carboxylic acids is 1. The van der Waals surface area contributed by atoms with Gasteiger partial charge in [0.2, 0.25) is 0 Å². The van der Waals surface area contributed by atoms with Crippen molar-refractivity contribution in [1.29, 1.82) is 0 Å². The summed E-state index contributed by atoms with van der Waals surface area (Å²) >= 11 is 10.4. The smallest absolute Gasteiger partial charge is 0.278 e. The minimum absolute atomic E-state index is 0.0741. The van der Waals surface area contributed by atoms with Gasteiger partial charge in [-0.25, -0.2) is 17.8 Å². The van der Waals surface area contributed by atoms with E-state index in [4.69, 9.17) is 11.6 Å². The maximum absolute atomic E-state index is 16.2. The molecule has 1 saturated heterocycles. The first-order chi connectivity index (χ1) is 15.5. The molecule has 0 N–H and O–H groups in total. The summed E-state index contributed by atoms with van der Waals surface area (Å²) in [6.07, 6.45) is 1.53. The highest BCUT2D eigenvalue weighted by molar-refractivity contribution is 9.10. The first kappa shape index (κ1) is 24.3. The van der Waals surface area contributed by atoms with Crippen molar-refractivity contribution >= 4 is 54.6 Å². The molecule has 2 aromatic carbocycles. The van der Waals surface area contributed by atoms with Crippen LogP contribution in [0.5, 0.6) is 0 Å². The summed E-state index contributed by atoms with van der Waals surface area (Å²) in [5.74, 6) is -1.04. The number of carbonyl (C=O) groups is 1. The Bertz CT molecular complexity index is 1330. The van der Waals surface area contributed by atoms with Crippen LogP contribution in [0, 0.1) is 6.92 Å². The van der Waals surface area contributed by atoms with Crippen molar-refractivity contribution in [1.82, 2.24) is 9.88 Å². The first-order valence-corrected chi connectivity index (χ1v) is 13.8. The van der Waals surface area contributed by atoms with Gasteiger partial charge in [-0.2, -0.15) is 0 Å². The minimum atomic E-state index is -4.17. The van der Waals surface area contributed by atoms with E-state index in [1.54, 1.807) is 12.1 Å². The molecule has 1 aliphatic rings. The fourth-order valence-electron chi connectivity index (χ4n) is 3.89. The lowest BCUT2D eigenvalue weighted by molar-refractivity contribution is 0.0666. The van der Waals surface area contributed by atoms with Gasteiger partial charge in [-0.05, 0) is 52.2 Å². The molecule has 0 aliphatic carbocycles. The Morgan fingerprint density at radius 2 is 2.03 bits per heavy atom. The van der Waals surface area contributed by atoms with E-state index in [2.05, 4.69) is 20.9 Å². The number of thiazole rings is 1. The zero-order valence-electron chi connectivity index (χ0n) is 17.9. The van der Waals surface area contributed by atoms with Gasteiger partial charge in [-0.3, -0.25) is 4.79 Å². The molecule has 33 heavy (non-hydrogen) atoms. The van der Waals surface area contributed by atoms with Crippen molar-refractivity contribution in [2.75, 3.05) is 18.8 Å². The van der Waals surface area contributed by atoms with E-state index >= 15 is 4.39 Å². The van der Waals surface area contributed by atoms with Crippen LogP contribution < -0.4 is 0 Å². The van der Waals surface area contributed by atoms with Crippen molar-refractivity contribution in [3.8, 4) is 0 Å². The predicted molar refractivity (Wildman–Crippen MR) is 132 cm³/mol. The van der Waals surface area contributed by atoms with Gasteiger partial charge in [0.25, 0.3) is 10.9 Å². The van der Waals surface area contributed by atoms with Gasteiger partial charge in [0.1, 0.15) is 5.01 Å². The Kier molecular flexibility index (Phi) is 6.70. The van der Waals surface area contributed by atoms with E-state index < -0.39 is 33.0 Å². The molecule has 2 atom stereocenters. The van der Waals surface area contributed by atoms with Crippen LogP contribution in [-0.2, 0) is 14.8 Å². The van der Waals surface area contributed by atoms with Gasteiger partial charge < -0.3 is 4.90 Å². The van der Waals surface area contributed by atoms with Crippen molar-refractivity contribution in [2.24, 2.45) is 0 Å². The molecule has 10 heteroatoms. The first-order valence-electron chi connectivity index (χ1n) is 10.2. The second-order valence-corrected chi connectivity index (χ2v) is 12.7. The molecule has 1 amide bonds. The molecule has 0 spiro atoms. The van der Waals surface area contributed by atoms with Gasteiger partial charge in [-0.15, -0.1) is 11.3 Å². The van der Waals surface area contributed by atoms with E-state index in [1.807, 2.05) is 38.1 Å². The fourth-order valence-corrected chi connectivity index (χ4v) is 7.23. The summed E-state index contributed by atoms with van der Waals surface area (Å²) in [5.41, 5.74) is 2.42. The summed E-state index contributed by atoms with van der Waals surface area (Å²) < 4.78 is 42.5. The SMILES string of the molecule is Cc1ccccc1[C@H](C)c1cnc([C@]2(F)CN(C(=O)c3ccc(Br)c(Cl)c3)CCS2(=O)=O)s1. The highest BCUT2D eigenvalue weighted by Gasteiger charge is 2.53. The van der Waals surface area contributed by atoms with Crippen LogP contribution in [0.4, 0.5) is 4.39 Å². The van der Waals surface area contributed by atoms with Crippen LogP contribution in [0.2, 0.25) is 5.02 Å². The summed E-state index contributed by atoms with van der Waals surface area (Å²) in [6.45, 7) is 3.26. The van der Waals surface area contributed by atoms with Gasteiger partial charge in [0, 0.05) is 33.6 Å². The Morgan fingerprint density at radius 3 is 2.73 bits per heavy atom. The van der Waals surface area contributed by atoms with Gasteiger partial charge in [0.05, 0.1) is 17.3 Å². The zero-order chi connectivity index (χ0) is 24.0. The van der Waals surface area contributed by atoms with E-state index in [-0.39, 0.29) is 23.0 Å². The quantitative estimate of drug-likeness (QED) is 0.402. The Labute approximate surface area is 209 Å². The highest BCUT2D eigenvalue weighted by atomic mass is 79.9. The number of benzene rings is 2. The second kappa shape index (κ2) is 9.09. The van der Waals surface area contributed by atoms with Crippen LogP contribution >= 0.6 is 38.9 Å². The largest absolute Gasteiger partial charge is 0.333 e. The Hall–Kier alpha value is -1.81. The third-order valence-corrected chi connectivity index (χ3v) is 10.6. The van der Waals surface area contributed by atoms with E-state index in [0.717, 1.165) is 27.3 Å². The van der Waals surface area contributed by atoms with Crippen LogP contribution in [0.1, 0.15) is 44.2 Å². The molecule has 0 saturated carbocycles. The molecule has 1 aliphatic heterocycles. The number of hydrogen-bond donors (Lipinski definition) is 0. The van der Waals surface area contributed by atoms with Crippen LogP contribution in [0.15, 0.2) is 53.1 Å². The number of alkyl halides is 1. The summed E-state index contributed by atoms with van der Waals surface area (Å²) in [5, 5.41) is -2.58. The average molecular weight is 572 g/mol. The van der Waals surface area contributed by atoms with Crippen LogP contribution in [-0.4, -0.2) is 43.1 Å². The summed E-state index contributed by atoms with van der Waals surface area (Å²) in [7, 11) is -4.17. The molecule has 2 heterocycles. The number of halogens is 3. The summed E-state index contributed by atoms with van der Waals surface area (Å²) in [4.78, 5) is 19.2. The number of nitrogens with zero attached hydrogens (tertiary/aromatic N) is 2. The fraction of sp³-hybridized carbons (Fsp3) is 0.304. The molecule has 4 rings (SSSR count). The lowest BCUT2D eigenvalue weighted by atomic mass is 9.96. The molecular formula is C23H21BrClFN2O3S2. The standard InChI is InChI=1S/C23H21BrClFN2O3S2/c1-14-5-3-4-6-17(14)15(2)20-12-27-22(32-20)23(26)13-28(9-10-33(23,30)31)21(29)16-7-8-18(24)19(25)11-16/h3-8,11-12,15H,9-10,13H2,1-2H3/t15-,23-/m0/s1. The number of sulfone groups is 1. The molecule has 0 radical (unpaired) electrons. The van der Waals surface area contributed by atoms with E-state index in [0.29, 0.717) is 9.50 Å². The van der Waals surface area contributed by atoms with Crippen LogP contribution in [0.3, 0.4) is 0 Å². The Balaban J connectivity index is 1.65. The number of aryl methyl sites for hydroxylation is 1. The predicted octanol–water partition coefficient (Wildman–Crippen LogP) is 5.71. The molecule has 174 valence electrons. The third-order valence-electron chi connectivity index (χ3n) is 5.90. The molecule has 0 bridgehead atoms. The molecule has 1 fully saturated rings. The highest BCUT2D eigenvalue weighted by Crippen LogP contribution is 2.41. The minimum Gasteiger partial charge on any atom is -0.333 e. The molecule has 1 aromatic heterocycles. The maximum Gasteiger partial charge on any atom is 0.278 e. The van der Waals surface area contributed by atoms with Crippen LogP contribution in [0.25, 0.3) is 0 Å². The lowest BCUT2D eigenvalue weighted by Crippen LogP contribution is -2.53. The molecule has 3 aromatic rings. The number of rotatable bonds is 4. The Morgan fingerprint density at radius 1 is 1.30 bits per heavy atom. The molecular weight excluding hydrogens is 551 g/mol. The van der Waals surface area contributed by atoms with Crippen molar-refractivity contribution in [3.63, 3.8) is 0 Å². The molecule has 5 nitrogen and oxygen atoms in total. The average Bonchev–Trinajstić information content (AvgIpc) is 3.28. The topological polar surface area (TPSA) is 67.3 Å². The maximum atomic E-state index is 16.2. The lowest BCUT2D eigenvalue weighted by Gasteiger charge is -2.35.